The molecule has 0 aromatic rings. The number of carbonyl (C=O) groups is 1. The normalized spacial score (nSPS) is 27.5. The number of ketones is 1. The van der Waals surface area contributed by atoms with Crippen molar-refractivity contribution in [3.63, 3.8) is 0 Å². The summed E-state index contributed by atoms with van der Waals surface area (Å²) < 4.78 is 0.817. The highest BCUT2D eigenvalue weighted by Crippen LogP contribution is 2.30. The summed E-state index contributed by atoms with van der Waals surface area (Å²) >= 11 is 6.74. The van der Waals surface area contributed by atoms with Crippen molar-refractivity contribution < 1.29 is 4.79 Å². The van der Waals surface area contributed by atoms with Crippen molar-refractivity contribution in [2.75, 3.05) is 14.1 Å². The summed E-state index contributed by atoms with van der Waals surface area (Å²) in [7, 11) is 3.85. The number of thiocarbonyl (C=S) groups is 1. The predicted octanol–water partition coefficient (Wildman–Crippen LogP) is 2.32. The smallest absolute Gasteiger partial charge is 0.146 e. The highest BCUT2D eigenvalue weighted by molar-refractivity contribution is 8.23. The largest absolute Gasteiger partial charge is 0.364 e. The Morgan fingerprint density at radius 2 is 2.21 bits per heavy atom. The third-order valence-electron chi connectivity index (χ3n) is 2.47. The molecule has 1 fully saturated rings. The summed E-state index contributed by atoms with van der Waals surface area (Å²) in [6.45, 7) is 2.21. The van der Waals surface area contributed by atoms with Crippen LogP contribution in [0.5, 0.6) is 0 Å². The lowest BCUT2D eigenvalue weighted by molar-refractivity contribution is -0.120. The van der Waals surface area contributed by atoms with Crippen LogP contribution in [0, 0.1) is 5.92 Å². The zero-order chi connectivity index (χ0) is 10.7. The van der Waals surface area contributed by atoms with E-state index in [1.807, 2.05) is 19.0 Å². The van der Waals surface area contributed by atoms with Gasteiger partial charge in [-0.1, -0.05) is 30.9 Å². The molecule has 0 bridgehead atoms. The van der Waals surface area contributed by atoms with Gasteiger partial charge in [0, 0.05) is 20.5 Å². The molecule has 2 nitrogen and oxygen atoms in total. The van der Waals surface area contributed by atoms with Gasteiger partial charge in [-0.3, -0.25) is 4.79 Å². The van der Waals surface area contributed by atoms with Crippen molar-refractivity contribution in [1.29, 1.82) is 0 Å². The molecule has 0 heterocycles. The van der Waals surface area contributed by atoms with Gasteiger partial charge in [0.25, 0.3) is 0 Å². The third-order valence-corrected chi connectivity index (χ3v) is 4.43. The van der Waals surface area contributed by atoms with Crippen molar-refractivity contribution in [3.8, 4) is 0 Å². The molecule has 1 rings (SSSR count). The number of hydrogen-bond acceptors (Lipinski definition) is 3. The van der Waals surface area contributed by atoms with E-state index in [0.717, 1.165) is 23.6 Å². The number of hydrogen-bond donors (Lipinski definition) is 0. The molecular formula is C10H17NOS2. The molecule has 0 aromatic carbocycles. The minimum Gasteiger partial charge on any atom is -0.364 e. The van der Waals surface area contributed by atoms with Gasteiger partial charge in [-0.05, 0) is 18.8 Å². The van der Waals surface area contributed by atoms with Crippen LogP contribution in [0.3, 0.4) is 0 Å². The molecule has 1 aliphatic carbocycles. The number of carbonyl (C=O) groups excluding carboxylic acids is 1. The van der Waals surface area contributed by atoms with Crippen molar-refractivity contribution in [2.45, 2.75) is 31.4 Å². The standard InChI is InChI=1S/C10H17NOS2/c1-7-4-5-8(12)9(6-7)14-10(13)11(2)3/h7,9H,4-6H2,1-3H3/t7-,9-/m1/s1. The molecule has 0 aliphatic heterocycles. The van der Waals surface area contributed by atoms with Crippen LogP contribution in [-0.2, 0) is 4.79 Å². The summed E-state index contributed by atoms with van der Waals surface area (Å²) in [5, 5.41) is 0.105. The molecule has 80 valence electrons. The summed E-state index contributed by atoms with van der Waals surface area (Å²) in [5.74, 6) is 1.03. The van der Waals surface area contributed by atoms with Crippen molar-refractivity contribution >= 4 is 34.1 Å². The van der Waals surface area contributed by atoms with Crippen LogP contribution in [0.15, 0.2) is 0 Å². The van der Waals surface area contributed by atoms with E-state index in [-0.39, 0.29) is 5.25 Å². The second-order valence-electron chi connectivity index (χ2n) is 4.11. The van der Waals surface area contributed by atoms with Crippen LogP contribution < -0.4 is 0 Å². The molecule has 2 atom stereocenters. The van der Waals surface area contributed by atoms with E-state index >= 15 is 0 Å². The van der Waals surface area contributed by atoms with Gasteiger partial charge in [-0.15, -0.1) is 0 Å². The Morgan fingerprint density at radius 3 is 2.79 bits per heavy atom. The Balaban J connectivity index is 2.49. The minimum atomic E-state index is 0.105. The summed E-state index contributed by atoms with van der Waals surface area (Å²) in [6, 6.07) is 0. The van der Waals surface area contributed by atoms with Crippen molar-refractivity contribution in [1.82, 2.24) is 4.90 Å². The quantitative estimate of drug-likeness (QED) is 0.645. The topological polar surface area (TPSA) is 20.3 Å². The Hall–Kier alpha value is -0.0900. The molecule has 0 saturated heterocycles. The molecule has 0 aromatic heterocycles. The van der Waals surface area contributed by atoms with Gasteiger partial charge < -0.3 is 4.90 Å². The van der Waals surface area contributed by atoms with Crippen LogP contribution in [0.2, 0.25) is 0 Å². The van der Waals surface area contributed by atoms with Crippen LogP contribution in [0.25, 0.3) is 0 Å². The zero-order valence-electron chi connectivity index (χ0n) is 8.95. The second-order valence-corrected chi connectivity index (χ2v) is 5.95. The maximum Gasteiger partial charge on any atom is 0.146 e. The van der Waals surface area contributed by atoms with Gasteiger partial charge in [0.05, 0.1) is 5.25 Å². The SMILES string of the molecule is C[C@@H]1CCC(=O)[C@H](SC(=S)N(C)C)C1. The number of nitrogens with zero attached hydrogens (tertiary/aromatic N) is 1. The number of Topliss-reactive ketones (excluding diaryl/α,β-unsaturated/α-hetero) is 1. The summed E-state index contributed by atoms with van der Waals surface area (Å²) in [5.41, 5.74) is 0. The predicted molar refractivity (Wildman–Crippen MR) is 65.7 cm³/mol. The second kappa shape index (κ2) is 5.12. The molecule has 1 saturated carbocycles. The van der Waals surface area contributed by atoms with E-state index in [2.05, 4.69) is 6.92 Å². The van der Waals surface area contributed by atoms with Crippen LogP contribution in [-0.4, -0.2) is 34.3 Å². The summed E-state index contributed by atoms with van der Waals surface area (Å²) in [4.78, 5) is 13.5. The molecule has 0 N–H and O–H groups in total. The van der Waals surface area contributed by atoms with E-state index in [1.165, 1.54) is 0 Å². The van der Waals surface area contributed by atoms with Gasteiger partial charge in [-0.25, -0.2) is 0 Å². The highest BCUT2D eigenvalue weighted by Gasteiger charge is 2.28. The summed E-state index contributed by atoms with van der Waals surface area (Å²) in [6.07, 6.45) is 2.76. The van der Waals surface area contributed by atoms with Gasteiger partial charge in [-0.2, -0.15) is 0 Å². The van der Waals surface area contributed by atoms with Crippen molar-refractivity contribution in [3.05, 3.63) is 0 Å². The van der Waals surface area contributed by atoms with Crippen LogP contribution >= 0.6 is 24.0 Å². The first kappa shape index (κ1) is 12.0. The zero-order valence-corrected chi connectivity index (χ0v) is 10.6. The maximum absolute atomic E-state index is 11.6. The lowest BCUT2D eigenvalue weighted by Gasteiger charge is -2.26. The average Bonchev–Trinajstić information content (AvgIpc) is 2.11. The molecule has 4 heteroatoms. The van der Waals surface area contributed by atoms with Gasteiger partial charge in [0.15, 0.2) is 0 Å². The van der Waals surface area contributed by atoms with E-state index in [9.17, 15) is 4.79 Å². The maximum atomic E-state index is 11.6. The Labute approximate surface area is 95.4 Å². The molecule has 14 heavy (non-hydrogen) atoms. The van der Waals surface area contributed by atoms with E-state index in [0.29, 0.717) is 11.7 Å². The average molecular weight is 231 g/mol. The molecule has 0 amide bonds. The van der Waals surface area contributed by atoms with Crippen LogP contribution in [0.1, 0.15) is 26.2 Å². The van der Waals surface area contributed by atoms with E-state index in [4.69, 9.17) is 12.2 Å². The fourth-order valence-electron chi connectivity index (χ4n) is 1.51. The van der Waals surface area contributed by atoms with Gasteiger partial charge in [0.1, 0.15) is 10.1 Å². The molecule has 1 aliphatic rings. The van der Waals surface area contributed by atoms with Gasteiger partial charge in [0.2, 0.25) is 0 Å². The Bertz CT molecular complexity index is 238. The first-order valence-corrected chi connectivity index (χ1v) is 6.20. The number of thioether (sulfide) groups is 1. The lowest BCUT2D eigenvalue weighted by atomic mass is 9.90. The van der Waals surface area contributed by atoms with Gasteiger partial charge >= 0.3 is 0 Å². The fourth-order valence-corrected chi connectivity index (χ4v) is 2.98. The monoisotopic (exact) mass is 231 g/mol. The molecule has 0 unspecified atom stereocenters. The van der Waals surface area contributed by atoms with Crippen molar-refractivity contribution in [2.24, 2.45) is 5.92 Å². The number of rotatable bonds is 1. The minimum absolute atomic E-state index is 0.105. The first-order valence-electron chi connectivity index (χ1n) is 4.91. The molecule has 0 spiro atoms. The lowest BCUT2D eigenvalue weighted by Crippen LogP contribution is -2.29. The van der Waals surface area contributed by atoms with E-state index < -0.39 is 0 Å². The first-order chi connectivity index (χ1) is 6.50. The van der Waals surface area contributed by atoms with Crippen LogP contribution in [0.4, 0.5) is 0 Å². The third kappa shape index (κ3) is 3.24. The molecule has 0 radical (unpaired) electrons. The Kier molecular flexibility index (Phi) is 4.38. The highest BCUT2D eigenvalue weighted by atomic mass is 32.2. The van der Waals surface area contributed by atoms with E-state index in [1.54, 1.807) is 11.8 Å². The fraction of sp³-hybridized carbons (Fsp3) is 0.800. The molecular weight excluding hydrogens is 214 g/mol. The Morgan fingerprint density at radius 1 is 1.57 bits per heavy atom.